The van der Waals surface area contributed by atoms with E-state index in [4.69, 9.17) is 10.5 Å². The maximum atomic E-state index is 13.3. The van der Waals surface area contributed by atoms with Gasteiger partial charge in [0.05, 0.1) is 24.2 Å². The molecular formula is C11H12FN3O. The molecule has 0 bridgehead atoms. The Hall–Kier alpha value is -2.04. The van der Waals surface area contributed by atoms with Crippen molar-refractivity contribution in [3.05, 3.63) is 35.9 Å². The van der Waals surface area contributed by atoms with Gasteiger partial charge in [0.2, 0.25) is 0 Å². The van der Waals surface area contributed by atoms with Gasteiger partial charge in [-0.25, -0.2) is 9.07 Å². The predicted molar refractivity (Wildman–Crippen MR) is 59.2 cm³/mol. The quantitative estimate of drug-likeness (QED) is 0.788. The molecule has 0 amide bonds. The van der Waals surface area contributed by atoms with Gasteiger partial charge in [-0.2, -0.15) is 5.10 Å². The zero-order chi connectivity index (χ0) is 11.7. The van der Waals surface area contributed by atoms with E-state index in [0.717, 1.165) is 5.69 Å². The largest absolute Gasteiger partial charge is 0.494 e. The molecule has 16 heavy (non-hydrogen) atoms. The molecule has 0 atom stereocenters. The first-order chi connectivity index (χ1) is 7.61. The fraction of sp³-hybridized carbons (Fsp3) is 0.182. The van der Waals surface area contributed by atoms with Crippen molar-refractivity contribution in [2.45, 2.75) is 6.92 Å². The van der Waals surface area contributed by atoms with Crippen LogP contribution in [0.4, 0.5) is 10.1 Å². The van der Waals surface area contributed by atoms with Crippen LogP contribution in [0.25, 0.3) is 5.69 Å². The zero-order valence-corrected chi connectivity index (χ0v) is 9.07. The molecule has 2 aromatic rings. The van der Waals surface area contributed by atoms with Crippen molar-refractivity contribution in [2.75, 3.05) is 12.8 Å². The second-order valence-electron chi connectivity index (χ2n) is 3.45. The SMILES string of the molecule is COc1cc(-n2ccc(C)n2)c(N)cc1F. The van der Waals surface area contributed by atoms with E-state index in [1.54, 1.807) is 10.9 Å². The lowest BCUT2D eigenvalue weighted by molar-refractivity contribution is 0.386. The Morgan fingerprint density at radius 2 is 2.19 bits per heavy atom. The Bertz CT molecular complexity index is 522. The summed E-state index contributed by atoms with van der Waals surface area (Å²) in [7, 11) is 1.41. The van der Waals surface area contributed by atoms with Crippen LogP contribution in [0.3, 0.4) is 0 Å². The highest BCUT2D eigenvalue weighted by molar-refractivity contribution is 5.60. The van der Waals surface area contributed by atoms with Crippen LogP contribution in [0, 0.1) is 12.7 Å². The Labute approximate surface area is 92.4 Å². The molecule has 84 valence electrons. The molecule has 0 aliphatic carbocycles. The minimum atomic E-state index is -0.479. The molecule has 0 aliphatic heterocycles. The van der Waals surface area contributed by atoms with Crippen LogP contribution in [0.1, 0.15) is 5.69 Å². The summed E-state index contributed by atoms with van der Waals surface area (Å²) in [6.45, 7) is 1.87. The van der Waals surface area contributed by atoms with Gasteiger partial charge in [-0.1, -0.05) is 0 Å². The van der Waals surface area contributed by atoms with Crippen LogP contribution < -0.4 is 10.5 Å². The third-order valence-corrected chi connectivity index (χ3v) is 2.27. The summed E-state index contributed by atoms with van der Waals surface area (Å²) < 4.78 is 19.8. The van der Waals surface area contributed by atoms with Crippen LogP contribution in [0.5, 0.6) is 5.75 Å². The molecule has 1 aromatic carbocycles. The van der Waals surface area contributed by atoms with Gasteiger partial charge < -0.3 is 10.5 Å². The van der Waals surface area contributed by atoms with Gasteiger partial charge in [-0.3, -0.25) is 0 Å². The van der Waals surface area contributed by atoms with E-state index in [1.807, 2.05) is 13.0 Å². The second kappa shape index (κ2) is 3.84. The summed E-state index contributed by atoms with van der Waals surface area (Å²) in [6, 6.07) is 4.59. The monoisotopic (exact) mass is 221 g/mol. The topological polar surface area (TPSA) is 53.1 Å². The van der Waals surface area contributed by atoms with Gasteiger partial charge in [0.25, 0.3) is 0 Å². The van der Waals surface area contributed by atoms with Gasteiger partial charge in [0, 0.05) is 18.3 Å². The molecule has 0 saturated heterocycles. The summed E-state index contributed by atoms with van der Waals surface area (Å²) in [6.07, 6.45) is 1.76. The van der Waals surface area contributed by atoms with Crippen molar-refractivity contribution in [1.29, 1.82) is 0 Å². The first-order valence-electron chi connectivity index (χ1n) is 4.77. The number of hydrogen-bond acceptors (Lipinski definition) is 3. The molecular weight excluding hydrogens is 209 g/mol. The lowest BCUT2D eigenvalue weighted by Gasteiger charge is -2.09. The lowest BCUT2D eigenvalue weighted by atomic mass is 10.2. The fourth-order valence-corrected chi connectivity index (χ4v) is 1.46. The number of benzene rings is 1. The van der Waals surface area contributed by atoms with Crippen molar-refractivity contribution >= 4 is 5.69 Å². The summed E-state index contributed by atoms with van der Waals surface area (Å²) in [4.78, 5) is 0. The van der Waals surface area contributed by atoms with Gasteiger partial charge in [-0.05, 0) is 13.0 Å². The average molecular weight is 221 g/mol. The standard InChI is InChI=1S/C11H12FN3O/c1-7-3-4-15(14-7)10-6-11(16-2)8(12)5-9(10)13/h3-6H,13H2,1-2H3. The highest BCUT2D eigenvalue weighted by Crippen LogP contribution is 2.26. The van der Waals surface area contributed by atoms with Crippen LogP contribution in [0.2, 0.25) is 0 Å². The molecule has 0 fully saturated rings. The summed E-state index contributed by atoms with van der Waals surface area (Å²) in [5.41, 5.74) is 7.52. The molecule has 1 heterocycles. The van der Waals surface area contributed by atoms with Crippen LogP contribution in [-0.4, -0.2) is 16.9 Å². The summed E-state index contributed by atoms with van der Waals surface area (Å²) >= 11 is 0. The van der Waals surface area contributed by atoms with Crippen LogP contribution in [0.15, 0.2) is 24.4 Å². The highest BCUT2D eigenvalue weighted by atomic mass is 19.1. The Balaban J connectivity index is 2.56. The fourth-order valence-electron chi connectivity index (χ4n) is 1.46. The van der Waals surface area contributed by atoms with Crippen molar-refractivity contribution in [2.24, 2.45) is 0 Å². The van der Waals surface area contributed by atoms with E-state index in [2.05, 4.69) is 5.10 Å². The average Bonchev–Trinajstić information content (AvgIpc) is 2.65. The summed E-state index contributed by atoms with van der Waals surface area (Å²) in [5, 5.41) is 4.21. The zero-order valence-electron chi connectivity index (χ0n) is 9.07. The van der Waals surface area contributed by atoms with Gasteiger partial charge in [0.1, 0.15) is 0 Å². The minimum Gasteiger partial charge on any atom is -0.494 e. The predicted octanol–water partition coefficient (Wildman–Crippen LogP) is 1.91. The minimum absolute atomic E-state index is 0.150. The molecule has 1 aromatic heterocycles. The molecule has 0 unspecified atom stereocenters. The van der Waals surface area contributed by atoms with Crippen LogP contribution in [-0.2, 0) is 0 Å². The van der Waals surface area contributed by atoms with Gasteiger partial charge in [-0.15, -0.1) is 0 Å². The Kier molecular flexibility index (Phi) is 2.52. The molecule has 4 nitrogen and oxygen atoms in total. The van der Waals surface area contributed by atoms with Crippen molar-refractivity contribution in [1.82, 2.24) is 9.78 Å². The van der Waals surface area contributed by atoms with E-state index < -0.39 is 5.82 Å². The van der Waals surface area contributed by atoms with E-state index in [1.165, 1.54) is 19.2 Å². The normalized spacial score (nSPS) is 10.4. The maximum absolute atomic E-state index is 13.3. The van der Waals surface area contributed by atoms with Crippen molar-refractivity contribution < 1.29 is 9.13 Å². The first-order valence-corrected chi connectivity index (χ1v) is 4.77. The number of anilines is 1. The molecule has 0 aliphatic rings. The Morgan fingerprint density at radius 3 is 2.75 bits per heavy atom. The third-order valence-electron chi connectivity index (χ3n) is 2.27. The number of nitrogens with zero attached hydrogens (tertiary/aromatic N) is 2. The van der Waals surface area contributed by atoms with Crippen molar-refractivity contribution in [3.8, 4) is 11.4 Å². The highest BCUT2D eigenvalue weighted by Gasteiger charge is 2.10. The number of halogens is 1. The molecule has 0 radical (unpaired) electrons. The lowest BCUT2D eigenvalue weighted by Crippen LogP contribution is -2.02. The van der Waals surface area contributed by atoms with Gasteiger partial charge >= 0.3 is 0 Å². The van der Waals surface area contributed by atoms with Crippen LogP contribution >= 0.6 is 0 Å². The molecule has 0 saturated carbocycles. The number of aryl methyl sites for hydroxylation is 1. The maximum Gasteiger partial charge on any atom is 0.167 e. The van der Waals surface area contributed by atoms with E-state index in [9.17, 15) is 4.39 Å². The molecule has 0 spiro atoms. The number of ether oxygens (including phenoxy) is 1. The molecule has 5 heteroatoms. The second-order valence-corrected chi connectivity index (χ2v) is 3.45. The van der Waals surface area contributed by atoms with Gasteiger partial charge in [0.15, 0.2) is 11.6 Å². The number of nitrogen functional groups attached to an aromatic ring is 1. The number of nitrogens with two attached hydrogens (primary N) is 1. The number of methoxy groups -OCH3 is 1. The van der Waals surface area contributed by atoms with E-state index in [0.29, 0.717) is 11.4 Å². The molecule has 2 N–H and O–H groups in total. The first kappa shape index (κ1) is 10.5. The number of rotatable bonds is 2. The number of hydrogen-bond donors (Lipinski definition) is 1. The number of aromatic nitrogens is 2. The summed E-state index contributed by atoms with van der Waals surface area (Å²) in [5.74, 6) is -0.329. The van der Waals surface area contributed by atoms with E-state index >= 15 is 0 Å². The Morgan fingerprint density at radius 1 is 1.44 bits per heavy atom. The van der Waals surface area contributed by atoms with Crippen molar-refractivity contribution in [3.63, 3.8) is 0 Å². The molecule has 2 rings (SSSR count). The van der Waals surface area contributed by atoms with E-state index in [-0.39, 0.29) is 5.75 Å². The third kappa shape index (κ3) is 1.71. The smallest absolute Gasteiger partial charge is 0.167 e.